The summed E-state index contributed by atoms with van der Waals surface area (Å²) in [6, 6.07) is 4.73. The lowest BCUT2D eigenvalue weighted by atomic mass is 10.0. The van der Waals surface area contributed by atoms with Crippen molar-refractivity contribution in [2.75, 3.05) is 20.3 Å². The van der Waals surface area contributed by atoms with Crippen LogP contribution in [0.25, 0.3) is 0 Å². The van der Waals surface area contributed by atoms with Crippen LogP contribution in [-0.4, -0.2) is 53.2 Å². The topological polar surface area (TPSA) is 79.7 Å². The predicted octanol–water partition coefficient (Wildman–Crippen LogP) is 0.562. The highest BCUT2D eigenvalue weighted by Crippen LogP contribution is 2.20. The normalized spacial score (nSPS) is 22.2. The maximum absolute atomic E-state index is 12.3. The Morgan fingerprint density at radius 2 is 2.16 bits per heavy atom. The van der Waals surface area contributed by atoms with Crippen molar-refractivity contribution in [1.29, 1.82) is 0 Å². The Labute approximate surface area is 111 Å². The van der Waals surface area contributed by atoms with Crippen molar-refractivity contribution in [3.63, 3.8) is 0 Å². The first-order valence-corrected chi connectivity index (χ1v) is 6.02. The standard InChI is InChI=1S/C13H16N2O4/c1-8-4-3-5-10(14-8)12(16)15(2)11-7-19-6-9(11)13(17)18/h3-5,9,11H,6-7H2,1-2H3,(H,17,18). The molecule has 1 aliphatic heterocycles. The van der Waals surface area contributed by atoms with Crippen LogP contribution in [0, 0.1) is 12.8 Å². The minimum absolute atomic E-state index is 0.138. The highest BCUT2D eigenvalue weighted by Gasteiger charge is 2.38. The van der Waals surface area contributed by atoms with Crippen LogP contribution in [0.1, 0.15) is 16.2 Å². The van der Waals surface area contributed by atoms with Crippen molar-refractivity contribution in [2.24, 2.45) is 5.92 Å². The Morgan fingerprint density at radius 1 is 1.42 bits per heavy atom. The molecule has 1 aromatic rings. The lowest BCUT2D eigenvalue weighted by molar-refractivity contribution is -0.142. The molecular weight excluding hydrogens is 248 g/mol. The number of carboxylic acid groups (broad SMARTS) is 1. The smallest absolute Gasteiger partial charge is 0.311 e. The van der Waals surface area contributed by atoms with Crippen LogP contribution < -0.4 is 0 Å². The molecule has 0 saturated carbocycles. The van der Waals surface area contributed by atoms with E-state index in [9.17, 15) is 9.59 Å². The van der Waals surface area contributed by atoms with E-state index in [4.69, 9.17) is 9.84 Å². The van der Waals surface area contributed by atoms with Crippen LogP contribution in [0.15, 0.2) is 18.2 Å². The van der Waals surface area contributed by atoms with E-state index in [1.165, 1.54) is 4.90 Å². The molecule has 0 bridgehead atoms. The van der Waals surface area contributed by atoms with Gasteiger partial charge in [0.05, 0.1) is 19.3 Å². The monoisotopic (exact) mass is 264 g/mol. The van der Waals surface area contributed by atoms with E-state index in [1.807, 2.05) is 0 Å². The lowest BCUT2D eigenvalue weighted by Gasteiger charge is -2.26. The second kappa shape index (κ2) is 5.36. The van der Waals surface area contributed by atoms with Crippen molar-refractivity contribution in [1.82, 2.24) is 9.88 Å². The van der Waals surface area contributed by atoms with E-state index in [-0.39, 0.29) is 19.1 Å². The number of hydrogen-bond acceptors (Lipinski definition) is 4. The molecule has 1 fully saturated rings. The van der Waals surface area contributed by atoms with Crippen molar-refractivity contribution in [3.8, 4) is 0 Å². The van der Waals surface area contributed by atoms with Crippen LogP contribution in [0.2, 0.25) is 0 Å². The number of ether oxygens (including phenoxy) is 1. The molecule has 1 saturated heterocycles. The van der Waals surface area contributed by atoms with Gasteiger partial charge in [-0.2, -0.15) is 0 Å². The zero-order chi connectivity index (χ0) is 14.0. The van der Waals surface area contributed by atoms with Gasteiger partial charge in [0.25, 0.3) is 5.91 Å². The van der Waals surface area contributed by atoms with Crippen LogP contribution in [0.3, 0.4) is 0 Å². The molecule has 0 spiro atoms. The Balaban J connectivity index is 2.17. The molecule has 1 amide bonds. The molecule has 6 nitrogen and oxygen atoms in total. The molecule has 1 aliphatic rings. The van der Waals surface area contributed by atoms with Gasteiger partial charge in [-0.05, 0) is 19.1 Å². The molecule has 0 aliphatic carbocycles. The molecule has 2 heterocycles. The fourth-order valence-electron chi connectivity index (χ4n) is 2.15. The van der Waals surface area contributed by atoms with Gasteiger partial charge in [-0.25, -0.2) is 4.98 Å². The second-order valence-corrected chi connectivity index (χ2v) is 4.63. The summed E-state index contributed by atoms with van der Waals surface area (Å²) in [5.74, 6) is -1.91. The van der Waals surface area contributed by atoms with Gasteiger partial charge in [0, 0.05) is 12.7 Å². The van der Waals surface area contributed by atoms with Crippen LogP contribution in [0.5, 0.6) is 0 Å². The minimum atomic E-state index is -0.945. The highest BCUT2D eigenvalue weighted by atomic mass is 16.5. The fourth-order valence-corrected chi connectivity index (χ4v) is 2.15. The zero-order valence-corrected chi connectivity index (χ0v) is 10.9. The quantitative estimate of drug-likeness (QED) is 0.863. The number of aromatic nitrogens is 1. The van der Waals surface area contributed by atoms with Gasteiger partial charge in [0.2, 0.25) is 0 Å². The van der Waals surface area contributed by atoms with E-state index < -0.39 is 17.9 Å². The summed E-state index contributed by atoms with van der Waals surface area (Å²) in [6.45, 7) is 2.18. The summed E-state index contributed by atoms with van der Waals surface area (Å²) in [6.07, 6.45) is 0. The van der Waals surface area contributed by atoms with Crippen molar-refractivity contribution < 1.29 is 19.4 Å². The van der Waals surface area contributed by atoms with Gasteiger partial charge in [-0.1, -0.05) is 6.07 Å². The summed E-state index contributed by atoms with van der Waals surface area (Å²) in [5, 5.41) is 9.10. The number of aryl methyl sites for hydroxylation is 1. The first-order valence-electron chi connectivity index (χ1n) is 6.02. The largest absolute Gasteiger partial charge is 0.481 e. The predicted molar refractivity (Wildman–Crippen MR) is 66.8 cm³/mol. The summed E-state index contributed by atoms with van der Waals surface area (Å²) >= 11 is 0. The zero-order valence-electron chi connectivity index (χ0n) is 10.9. The average Bonchev–Trinajstić information content (AvgIpc) is 2.86. The van der Waals surface area contributed by atoms with E-state index in [1.54, 1.807) is 32.2 Å². The van der Waals surface area contributed by atoms with Crippen LogP contribution in [-0.2, 0) is 9.53 Å². The number of carbonyl (C=O) groups is 2. The third-order valence-corrected chi connectivity index (χ3v) is 3.29. The molecule has 0 aromatic carbocycles. The minimum Gasteiger partial charge on any atom is -0.481 e. The van der Waals surface area contributed by atoms with Crippen LogP contribution >= 0.6 is 0 Å². The molecular formula is C13H16N2O4. The third kappa shape index (κ3) is 2.73. The fraction of sp³-hybridized carbons (Fsp3) is 0.462. The number of pyridine rings is 1. The van der Waals surface area contributed by atoms with Gasteiger partial charge in [0.1, 0.15) is 11.6 Å². The molecule has 2 atom stereocenters. The number of amides is 1. The summed E-state index contributed by atoms with van der Waals surface area (Å²) < 4.78 is 5.17. The van der Waals surface area contributed by atoms with E-state index >= 15 is 0 Å². The van der Waals surface area contributed by atoms with E-state index in [2.05, 4.69) is 4.98 Å². The lowest BCUT2D eigenvalue weighted by Crippen LogP contribution is -2.44. The molecule has 1 N–H and O–H groups in total. The van der Waals surface area contributed by atoms with Gasteiger partial charge >= 0.3 is 5.97 Å². The van der Waals surface area contributed by atoms with Crippen molar-refractivity contribution >= 4 is 11.9 Å². The molecule has 1 aromatic heterocycles. The molecule has 0 radical (unpaired) electrons. The molecule has 2 rings (SSSR count). The Bertz CT molecular complexity index is 503. The van der Waals surface area contributed by atoms with Gasteiger partial charge in [0.15, 0.2) is 0 Å². The Kier molecular flexibility index (Phi) is 3.80. The first-order chi connectivity index (χ1) is 9.00. The van der Waals surface area contributed by atoms with Crippen molar-refractivity contribution in [3.05, 3.63) is 29.6 Å². The Hall–Kier alpha value is -1.95. The van der Waals surface area contributed by atoms with E-state index in [0.717, 1.165) is 5.69 Å². The van der Waals surface area contributed by atoms with E-state index in [0.29, 0.717) is 5.69 Å². The maximum atomic E-state index is 12.3. The number of carbonyl (C=O) groups excluding carboxylic acids is 1. The number of carboxylic acids is 1. The van der Waals surface area contributed by atoms with Crippen molar-refractivity contribution in [2.45, 2.75) is 13.0 Å². The number of nitrogens with zero attached hydrogens (tertiary/aromatic N) is 2. The molecule has 6 heteroatoms. The molecule has 102 valence electrons. The summed E-state index contributed by atoms with van der Waals surface area (Å²) in [4.78, 5) is 28.9. The molecule has 2 unspecified atom stereocenters. The number of rotatable bonds is 3. The van der Waals surface area contributed by atoms with Gasteiger partial charge in [-0.3, -0.25) is 9.59 Å². The Morgan fingerprint density at radius 3 is 2.79 bits per heavy atom. The average molecular weight is 264 g/mol. The summed E-state index contributed by atoms with van der Waals surface area (Å²) in [5.41, 5.74) is 1.07. The third-order valence-electron chi connectivity index (χ3n) is 3.29. The SMILES string of the molecule is Cc1cccc(C(=O)N(C)C2COCC2C(=O)O)n1. The number of aliphatic carboxylic acids is 1. The first kappa shape index (κ1) is 13.5. The second-order valence-electron chi connectivity index (χ2n) is 4.63. The summed E-state index contributed by atoms with van der Waals surface area (Å²) in [7, 11) is 1.58. The number of hydrogen-bond donors (Lipinski definition) is 1. The van der Waals surface area contributed by atoms with Gasteiger partial charge < -0.3 is 14.7 Å². The van der Waals surface area contributed by atoms with Gasteiger partial charge in [-0.15, -0.1) is 0 Å². The maximum Gasteiger partial charge on any atom is 0.311 e. The highest BCUT2D eigenvalue weighted by molar-refractivity contribution is 5.92. The molecule has 19 heavy (non-hydrogen) atoms. The van der Waals surface area contributed by atoms with Crippen LogP contribution in [0.4, 0.5) is 0 Å². The number of likely N-dealkylation sites (N-methyl/N-ethyl adjacent to an activating group) is 1.